The Kier molecular flexibility index (Phi) is 8.87. The molecule has 0 heterocycles. The zero-order chi connectivity index (χ0) is 28.1. The summed E-state index contributed by atoms with van der Waals surface area (Å²) in [5.74, 6) is -0.718. The first-order chi connectivity index (χ1) is 17.9. The van der Waals surface area contributed by atoms with Gasteiger partial charge in [-0.15, -0.1) is 0 Å². The zero-order valence-electron chi connectivity index (χ0n) is 20.8. The average molecular weight is 555 g/mol. The van der Waals surface area contributed by atoms with Crippen molar-refractivity contribution >= 4 is 21.8 Å². The number of methoxy groups -OCH3 is 1. The molecule has 204 valence electrons. The predicted octanol–water partition coefficient (Wildman–Crippen LogP) is 6.45. The minimum absolute atomic E-state index is 0.0774. The molecule has 0 aromatic heterocycles. The van der Waals surface area contributed by atoms with E-state index in [4.69, 9.17) is 8.92 Å². The Labute approximate surface area is 218 Å². The van der Waals surface area contributed by atoms with Crippen LogP contribution in [0.4, 0.5) is 28.0 Å². The maximum Gasteiger partial charge on any atom is 0.418 e. The lowest BCUT2D eigenvalue weighted by Crippen LogP contribution is -2.41. The van der Waals surface area contributed by atoms with Gasteiger partial charge in [-0.2, -0.15) is 21.6 Å². The molecule has 3 rings (SSSR count). The van der Waals surface area contributed by atoms with Crippen LogP contribution in [-0.2, 0) is 22.8 Å². The smallest absolute Gasteiger partial charge is 0.418 e. The van der Waals surface area contributed by atoms with Crippen LogP contribution in [0.2, 0.25) is 0 Å². The van der Waals surface area contributed by atoms with E-state index < -0.39 is 33.7 Å². The van der Waals surface area contributed by atoms with Crippen molar-refractivity contribution in [3.63, 3.8) is 0 Å². The molecule has 38 heavy (non-hydrogen) atoms. The van der Waals surface area contributed by atoms with Crippen molar-refractivity contribution < 1.29 is 39.7 Å². The number of nitrogens with one attached hydrogen (secondary N) is 1. The van der Waals surface area contributed by atoms with Crippen LogP contribution in [0.15, 0.2) is 71.6 Å². The second kappa shape index (κ2) is 11.7. The van der Waals surface area contributed by atoms with Gasteiger partial charge in [-0.1, -0.05) is 25.1 Å². The summed E-state index contributed by atoms with van der Waals surface area (Å²) in [5, 5.41) is 2.34. The fourth-order valence-electron chi connectivity index (χ4n) is 3.52. The highest BCUT2D eigenvalue weighted by atomic mass is 32.2. The number of halogens is 4. The quantitative estimate of drug-likeness (QED) is 0.243. The molecule has 1 atom stereocenters. The number of carbonyl (C=O) groups excluding carboxylic acids is 1. The Morgan fingerprint density at radius 3 is 2.29 bits per heavy atom. The number of amides is 2. The van der Waals surface area contributed by atoms with E-state index in [1.54, 1.807) is 13.0 Å². The van der Waals surface area contributed by atoms with Gasteiger partial charge in [-0.05, 0) is 67.4 Å². The monoisotopic (exact) mass is 554 g/mol. The fourth-order valence-corrected chi connectivity index (χ4v) is 4.46. The number of anilines is 1. The van der Waals surface area contributed by atoms with Crippen LogP contribution in [0.3, 0.4) is 0 Å². The van der Waals surface area contributed by atoms with Crippen LogP contribution in [0.25, 0.3) is 0 Å². The Bertz CT molecular complexity index is 1380. The van der Waals surface area contributed by atoms with Gasteiger partial charge in [0.2, 0.25) is 0 Å². The van der Waals surface area contributed by atoms with Gasteiger partial charge in [-0.3, -0.25) is 0 Å². The van der Waals surface area contributed by atoms with Crippen LogP contribution in [0, 0.1) is 5.82 Å². The lowest BCUT2D eigenvalue weighted by Gasteiger charge is -2.29. The minimum Gasteiger partial charge on any atom is -0.493 e. The molecule has 0 aliphatic carbocycles. The Morgan fingerprint density at radius 2 is 1.68 bits per heavy atom. The van der Waals surface area contributed by atoms with Crippen LogP contribution in [0.5, 0.6) is 11.5 Å². The van der Waals surface area contributed by atoms with E-state index in [9.17, 15) is 30.8 Å². The highest BCUT2D eigenvalue weighted by Gasteiger charge is 2.34. The SMILES string of the molecule is CCC(C)N(Cc1ccc(OC)c(OS(=O)(=O)c2ccc(F)cc2)c1)C(=O)Nc1ccccc1C(F)(F)F. The summed E-state index contributed by atoms with van der Waals surface area (Å²) in [7, 11) is -3.04. The first-order valence-electron chi connectivity index (χ1n) is 11.5. The van der Waals surface area contributed by atoms with Gasteiger partial charge in [-0.25, -0.2) is 9.18 Å². The second-order valence-electron chi connectivity index (χ2n) is 8.34. The average Bonchev–Trinajstić information content (AvgIpc) is 2.86. The standard InChI is InChI=1S/C26H26F4N2O5S/c1-4-17(2)32(25(33)31-22-8-6-5-7-21(22)26(28,29)30)16-18-9-14-23(36-3)24(15-18)37-38(34,35)20-12-10-19(27)11-13-20/h5-15,17H,4,16H2,1-3H3,(H,31,33). The molecule has 0 aliphatic rings. The highest BCUT2D eigenvalue weighted by Crippen LogP contribution is 2.35. The third kappa shape index (κ3) is 6.94. The lowest BCUT2D eigenvalue weighted by molar-refractivity contribution is -0.136. The van der Waals surface area contributed by atoms with Crippen molar-refractivity contribution in [2.75, 3.05) is 12.4 Å². The molecule has 0 spiro atoms. The topological polar surface area (TPSA) is 84.9 Å². The molecular weight excluding hydrogens is 528 g/mol. The third-order valence-electron chi connectivity index (χ3n) is 5.74. The maximum atomic E-state index is 13.4. The van der Waals surface area contributed by atoms with E-state index in [2.05, 4.69) is 5.32 Å². The Balaban J connectivity index is 1.89. The first kappa shape index (κ1) is 28.8. The van der Waals surface area contributed by atoms with Crippen molar-refractivity contribution in [3.8, 4) is 11.5 Å². The predicted molar refractivity (Wildman–Crippen MR) is 133 cm³/mol. The van der Waals surface area contributed by atoms with Crippen LogP contribution < -0.4 is 14.2 Å². The van der Waals surface area contributed by atoms with Crippen molar-refractivity contribution in [1.29, 1.82) is 0 Å². The van der Waals surface area contributed by atoms with Crippen LogP contribution >= 0.6 is 0 Å². The van der Waals surface area contributed by atoms with Gasteiger partial charge in [0.1, 0.15) is 10.7 Å². The second-order valence-corrected chi connectivity index (χ2v) is 9.88. The van der Waals surface area contributed by atoms with Gasteiger partial charge in [0.25, 0.3) is 0 Å². The van der Waals surface area contributed by atoms with Crippen molar-refractivity contribution in [2.45, 2.75) is 43.9 Å². The molecule has 0 radical (unpaired) electrons. The summed E-state index contributed by atoms with van der Waals surface area (Å²) in [6.45, 7) is 3.47. The molecule has 0 saturated heterocycles. The summed E-state index contributed by atoms with van der Waals surface area (Å²) in [5.41, 5.74) is -0.944. The van der Waals surface area contributed by atoms with E-state index in [1.807, 2.05) is 6.92 Å². The first-order valence-corrected chi connectivity index (χ1v) is 12.9. The number of ether oxygens (including phenoxy) is 1. The van der Waals surface area contributed by atoms with Gasteiger partial charge in [0.15, 0.2) is 11.5 Å². The number of hydrogen-bond acceptors (Lipinski definition) is 5. The molecule has 7 nitrogen and oxygen atoms in total. The minimum atomic E-state index is -4.66. The van der Waals surface area contributed by atoms with E-state index in [0.29, 0.717) is 12.0 Å². The molecule has 2 amide bonds. The number of alkyl halides is 3. The third-order valence-corrected chi connectivity index (χ3v) is 6.99. The highest BCUT2D eigenvalue weighted by molar-refractivity contribution is 7.87. The number of carbonyl (C=O) groups is 1. The van der Waals surface area contributed by atoms with E-state index >= 15 is 0 Å². The molecule has 3 aromatic rings. The van der Waals surface area contributed by atoms with E-state index in [-0.39, 0.29) is 34.7 Å². The van der Waals surface area contributed by atoms with Crippen molar-refractivity contribution in [3.05, 3.63) is 83.7 Å². The molecule has 0 aliphatic heterocycles. The summed E-state index contributed by atoms with van der Waals surface area (Å²) in [6, 6.07) is 11.9. The number of benzene rings is 3. The van der Waals surface area contributed by atoms with Gasteiger partial charge in [0.05, 0.1) is 18.4 Å². The summed E-state index contributed by atoms with van der Waals surface area (Å²) >= 11 is 0. The molecule has 0 fully saturated rings. The number of rotatable bonds is 9. The largest absolute Gasteiger partial charge is 0.493 e. The van der Waals surface area contributed by atoms with Crippen molar-refractivity contribution in [2.24, 2.45) is 0 Å². The number of hydrogen-bond donors (Lipinski definition) is 1. The summed E-state index contributed by atoms with van der Waals surface area (Å²) < 4.78 is 89.3. The zero-order valence-corrected chi connectivity index (χ0v) is 21.6. The van der Waals surface area contributed by atoms with Gasteiger partial charge < -0.3 is 19.1 Å². The molecule has 0 saturated carbocycles. The maximum absolute atomic E-state index is 13.4. The fraction of sp³-hybridized carbons (Fsp3) is 0.269. The van der Waals surface area contributed by atoms with E-state index in [1.165, 1.54) is 36.3 Å². The molecule has 1 unspecified atom stereocenters. The number of urea groups is 1. The lowest BCUT2D eigenvalue weighted by atomic mass is 10.1. The Hall–Kier alpha value is -3.80. The number of para-hydroxylation sites is 1. The van der Waals surface area contributed by atoms with Gasteiger partial charge in [0, 0.05) is 12.6 Å². The summed E-state index contributed by atoms with van der Waals surface area (Å²) in [4.78, 5) is 14.2. The van der Waals surface area contributed by atoms with E-state index in [0.717, 1.165) is 36.4 Å². The van der Waals surface area contributed by atoms with Crippen molar-refractivity contribution in [1.82, 2.24) is 4.90 Å². The molecule has 12 heteroatoms. The van der Waals surface area contributed by atoms with Crippen LogP contribution in [0.1, 0.15) is 31.4 Å². The normalized spacial score (nSPS) is 12.5. The molecule has 1 N–H and O–H groups in total. The van der Waals surface area contributed by atoms with Crippen LogP contribution in [-0.4, -0.2) is 32.5 Å². The van der Waals surface area contributed by atoms with Gasteiger partial charge >= 0.3 is 22.3 Å². The number of nitrogens with zero attached hydrogens (tertiary/aromatic N) is 1. The Morgan fingerprint density at radius 1 is 1.03 bits per heavy atom. The molecular formula is C26H26F4N2O5S. The molecule has 3 aromatic carbocycles. The summed E-state index contributed by atoms with van der Waals surface area (Å²) in [6.07, 6.45) is -4.17. The molecule has 0 bridgehead atoms.